The molecule has 1 fully saturated rings. The van der Waals surface area contributed by atoms with Gasteiger partial charge in [0, 0.05) is 12.3 Å². The number of allylic oxidation sites excluding steroid dienone is 2. The summed E-state index contributed by atoms with van der Waals surface area (Å²) in [5.41, 5.74) is 0. The maximum absolute atomic E-state index is 12.2. The lowest BCUT2D eigenvalue weighted by Crippen LogP contribution is -2.25. The van der Waals surface area contributed by atoms with Crippen molar-refractivity contribution in [2.45, 2.75) is 33.1 Å². The maximum Gasteiger partial charge on any atom is 0.229 e. The Morgan fingerprint density at radius 3 is 2.89 bits per heavy atom. The lowest BCUT2D eigenvalue weighted by molar-refractivity contribution is -0.120. The van der Waals surface area contributed by atoms with Gasteiger partial charge in [0.05, 0.1) is 0 Å². The number of carbonyl (C=O) groups excluding carboxylic acids is 1. The van der Waals surface area contributed by atoms with Crippen molar-refractivity contribution < 1.29 is 4.79 Å². The predicted molar refractivity (Wildman–Crippen MR) is 75.9 cm³/mol. The molecule has 0 aromatic carbocycles. The number of anilines is 1. The smallest absolute Gasteiger partial charge is 0.229 e. The Bertz CT molecular complexity index is 509. The van der Waals surface area contributed by atoms with Crippen molar-refractivity contribution >= 4 is 22.4 Å². The summed E-state index contributed by atoms with van der Waals surface area (Å²) in [5, 5.41) is 12.8. The summed E-state index contributed by atoms with van der Waals surface area (Å²) < 4.78 is 0. The molecule has 0 radical (unpaired) electrons. The molecular formula is C14H19N3OS. The van der Waals surface area contributed by atoms with Crippen molar-refractivity contribution in [1.82, 2.24) is 10.2 Å². The van der Waals surface area contributed by atoms with E-state index in [9.17, 15) is 4.79 Å². The van der Waals surface area contributed by atoms with E-state index in [1.165, 1.54) is 11.3 Å². The Morgan fingerprint density at radius 2 is 2.26 bits per heavy atom. The van der Waals surface area contributed by atoms with Crippen LogP contribution in [-0.4, -0.2) is 16.1 Å². The Kier molecular flexibility index (Phi) is 3.39. The number of aromatic nitrogens is 2. The van der Waals surface area contributed by atoms with Crippen LogP contribution in [0.4, 0.5) is 5.13 Å². The number of carbonyl (C=O) groups is 1. The molecule has 0 unspecified atom stereocenters. The molecule has 3 rings (SSSR count). The number of nitrogens with one attached hydrogen (secondary N) is 1. The third kappa shape index (κ3) is 2.71. The molecule has 2 aliphatic carbocycles. The average Bonchev–Trinajstić information content (AvgIpc) is 3.04. The first-order chi connectivity index (χ1) is 9.11. The second kappa shape index (κ2) is 5.04. The molecule has 5 heteroatoms. The van der Waals surface area contributed by atoms with Crippen molar-refractivity contribution in [2.24, 2.45) is 23.7 Å². The van der Waals surface area contributed by atoms with E-state index in [0.29, 0.717) is 22.9 Å². The summed E-state index contributed by atoms with van der Waals surface area (Å²) >= 11 is 1.50. The van der Waals surface area contributed by atoms with E-state index in [4.69, 9.17) is 0 Å². The quantitative estimate of drug-likeness (QED) is 0.861. The van der Waals surface area contributed by atoms with Gasteiger partial charge in [-0.15, -0.1) is 10.2 Å². The van der Waals surface area contributed by atoms with Crippen LogP contribution in [0.3, 0.4) is 0 Å². The Balaban J connectivity index is 1.60. The van der Waals surface area contributed by atoms with Crippen LogP contribution in [0.25, 0.3) is 0 Å². The zero-order chi connectivity index (χ0) is 13.4. The van der Waals surface area contributed by atoms with Gasteiger partial charge in [0.15, 0.2) is 0 Å². The van der Waals surface area contributed by atoms with E-state index in [0.717, 1.165) is 24.3 Å². The maximum atomic E-state index is 12.2. The van der Waals surface area contributed by atoms with Crippen molar-refractivity contribution in [3.63, 3.8) is 0 Å². The van der Waals surface area contributed by atoms with E-state index in [1.54, 1.807) is 0 Å². The molecule has 1 aromatic rings. The first-order valence-electron chi connectivity index (χ1n) is 6.93. The summed E-state index contributed by atoms with van der Waals surface area (Å²) in [6, 6.07) is 0. The minimum absolute atomic E-state index is 0.115. The van der Waals surface area contributed by atoms with Crippen LogP contribution in [0.1, 0.15) is 31.7 Å². The van der Waals surface area contributed by atoms with E-state index >= 15 is 0 Å². The minimum atomic E-state index is 0.115. The van der Waals surface area contributed by atoms with Crippen LogP contribution in [0.2, 0.25) is 0 Å². The van der Waals surface area contributed by atoms with Crippen LogP contribution in [0.5, 0.6) is 0 Å². The molecule has 3 atom stereocenters. The van der Waals surface area contributed by atoms with E-state index in [2.05, 4.69) is 41.5 Å². The van der Waals surface area contributed by atoms with Gasteiger partial charge in [-0.1, -0.05) is 37.3 Å². The van der Waals surface area contributed by atoms with E-state index < -0.39 is 0 Å². The Labute approximate surface area is 117 Å². The fraction of sp³-hybridized carbons (Fsp3) is 0.643. The Hall–Kier alpha value is -1.23. The number of nitrogens with zero attached hydrogens (tertiary/aromatic N) is 2. The predicted octanol–water partition coefficient (Wildman–Crippen LogP) is 2.89. The van der Waals surface area contributed by atoms with E-state index in [1.807, 2.05) is 0 Å². The van der Waals surface area contributed by atoms with Gasteiger partial charge >= 0.3 is 0 Å². The number of rotatable bonds is 4. The lowest BCUT2D eigenvalue weighted by Gasteiger charge is -2.16. The standard InChI is InChI=1S/C14H19N3OS/c1-8(2)5-12-16-17-14(19-12)15-13(18)11-7-9-3-4-10(11)6-9/h3-4,8-11H,5-7H2,1-2H3,(H,15,17,18)/t9-,10-,11+/m0/s1. The van der Waals surface area contributed by atoms with Gasteiger partial charge in [-0.25, -0.2) is 0 Å². The van der Waals surface area contributed by atoms with Gasteiger partial charge in [-0.3, -0.25) is 4.79 Å². The first kappa shape index (κ1) is 12.8. The number of hydrogen-bond acceptors (Lipinski definition) is 4. The zero-order valence-electron chi connectivity index (χ0n) is 11.3. The highest BCUT2D eigenvalue weighted by atomic mass is 32.1. The van der Waals surface area contributed by atoms with Gasteiger partial charge < -0.3 is 5.32 Å². The van der Waals surface area contributed by atoms with Gasteiger partial charge in [-0.2, -0.15) is 0 Å². The number of fused-ring (bicyclic) bond motifs is 2. The largest absolute Gasteiger partial charge is 0.300 e. The molecule has 1 N–H and O–H groups in total. The third-order valence-corrected chi connectivity index (χ3v) is 4.76. The highest BCUT2D eigenvalue weighted by Gasteiger charge is 2.39. The van der Waals surface area contributed by atoms with Crippen LogP contribution < -0.4 is 5.32 Å². The van der Waals surface area contributed by atoms with Gasteiger partial charge in [0.1, 0.15) is 5.01 Å². The molecule has 102 valence electrons. The summed E-state index contributed by atoms with van der Waals surface area (Å²) in [6.07, 6.45) is 7.50. The highest BCUT2D eigenvalue weighted by Crippen LogP contribution is 2.43. The number of hydrogen-bond donors (Lipinski definition) is 1. The lowest BCUT2D eigenvalue weighted by atomic mass is 9.93. The second-order valence-electron chi connectivity index (χ2n) is 5.97. The van der Waals surface area contributed by atoms with Crippen molar-refractivity contribution in [1.29, 1.82) is 0 Å². The first-order valence-corrected chi connectivity index (χ1v) is 7.75. The minimum Gasteiger partial charge on any atom is -0.300 e. The van der Waals surface area contributed by atoms with Crippen molar-refractivity contribution in [3.8, 4) is 0 Å². The molecule has 2 bridgehead atoms. The normalized spacial score (nSPS) is 28.3. The van der Waals surface area contributed by atoms with Crippen LogP contribution in [-0.2, 0) is 11.2 Å². The Morgan fingerprint density at radius 1 is 1.42 bits per heavy atom. The van der Waals surface area contributed by atoms with Crippen molar-refractivity contribution in [3.05, 3.63) is 17.2 Å². The SMILES string of the molecule is CC(C)Cc1nnc(NC(=O)[C@@H]2C[C@H]3C=C[C@H]2C3)s1. The van der Waals surface area contributed by atoms with Crippen LogP contribution in [0, 0.1) is 23.7 Å². The second-order valence-corrected chi connectivity index (χ2v) is 7.04. The van der Waals surface area contributed by atoms with Crippen LogP contribution in [0.15, 0.2) is 12.2 Å². The summed E-state index contributed by atoms with van der Waals surface area (Å²) in [6.45, 7) is 4.31. The van der Waals surface area contributed by atoms with Gasteiger partial charge in [0.25, 0.3) is 0 Å². The number of amides is 1. The monoisotopic (exact) mass is 277 g/mol. The summed E-state index contributed by atoms with van der Waals surface area (Å²) in [5.74, 6) is 1.86. The highest BCUT2D eigenvalue weighted by molar-refractivity contribution is 7.15. The topological polar surface area (TPSA) is 54.9 Å². The zero-order valence-corrected chi connectivity index (χ0v) is 12.1. The molecule has 2 aliphatic rings. The summed E-state index contributed by atoms with van der Waals surface area (Å²) in [7, 11) is 0. The fourth-order valence-electron chi connectivity index (χ4n) is 3.02. The average molecular weight is 277 g/mol. The molecule has 0 saturated heterocycles. The van der Waals surface area contributed by atoms with Gasteiger partial charge in [-0.05, 0) is 30.6 Å². The molecule has 1 saturated carbocycles. The molecular weight excluding hydrogens is 258 g/mol. The van der Waals surface area contributed by atoms with E-state index in [-0.39, 0.29) is 11.8 Å². The molecule has 4 nitrogen and oxygen atoms in total. The third-order valence-electron chi connectivity index (χ3n) is 3.90. The molecule has 1 amide bonds. The fourth-order valence-corrected chi connectivity index (χ4v) is 3.97. The molecule has 1 aromatic heterocycles. The molecule has 19 heavy (non-hydrogen) atoms. The molecule has 1 heterocycles. The van der Waals surface area contributed by atoms with Gasteiger partial charge in [0.2, 0.25) is 11.0 Å². The molecule has 0 aliphatic heterocycles. The summed E-state index contributed by atoms with van der Waals surface area (Å²) in [4.78, 5) is 12.2. The molecule has 0 spiro atoms. The van der Waals surface area contributed by atoms with Crippen LogP contribution >= 0.6 is 11.3 Å². The van der Waals surface area contributed by atoms with Crippen molar-refractivity contribution in [2.75, 3.05) is 5.32 Å².